The molecule has 1 saturated heterocycles. The van der Waals surface area contributed by atoms with Crippen molar-refractivity contribution in [1.82, 2.24) is 20.0 Å². The Hall–Kier alpha value is -1.11. The zero-order chi connectivity index (χ0) is 12.3. The van der Waals surface area contributed by atoms with Crippen LogP contribution in [0.2, 0.25) is 0 Å². The molecule has 0 radical (unpaired) electrons. The van der Waals surface area contributed by atoms with E-state index in [0.29, 0.717) is 6.04 Å². The van der Waals surface area contributed by atoms with Gasteiger partial charge in [0.05, 0.1) is 12.2 Å². The molecule has 1 fully saturated rings. The Balaban J connectivity index is 1.84. The van der Waals surface area contributed by atoms with Crippen molar-refractivity contribution in [3.63, 3.8) is 0 Å². The molecule has 1 aliphatic rings. The van der Waals surface area contributed by atoms with Gasteiger partial charge in [0, 0.05) is 38.3 Å². The van der Waals surface area contributed by atoms with E-state index in [1.807, 2.05) is 31.0 Å². The van der Waals surface area contributed by atoms with Gasteiger partial charge in [-0.25, -0.2) is 4.68 Å². The fourth-order valence-electron chi connectivity index (χ4n) is 1.96. The summed E-state index contributed by atoms with van der Waals surface area (Å²) in [4.78, 5) is 2.10. The lowest BCUT2D eigenvalue weighted by atomic mass is 10.2. The molecule has 1 atom stereocenters. The van der Waals surface area contributed by atoms with Gasteiger partial charge in [0.2, 0.25) is 0 Å². The van der Waals surface area contributed by atoms with Crippen molar-refractivity contribution in [2.24, 2.45) is 5.73 Å². The molecule has 1 aliphatic heterocycles. The molecule has 0 amide bonds. The molecule has 17 heavy (non-hydrogen) atoms. The Bertz CT molecular complexity index is 343. The molecular weight excluding hydrogens is 216 g/mol. The third-order valence-electron chi connectivity index (χ3n) is 2.92. The van der Waals surface area contributed by atoms with E-state index in [0.717, 1.165) is 32.0 Å². The first-order valence-corrected chi connectivity index (χ1v) is 6.05. The van der Waals surface area contributed by atoms with E-state index < -0.39 is 0 Å². The van der Waals surface area contributed by atoms with Crippen LogP contribution in [0, 0.1) is 0 Å². The van der Waals surface area contributed by atoms with Crippen LogP contribution in [-0.2, 0) is 0 Å². The van der Waals surface area contributed by atoms with Gasteiger partial charge in [-0.2, -0.15) is 5.10 Å². The van der Waals surface area contributed by atoms with Crippen molar-refractivity contribution in [2.45, 2.75) is 12.1 Å². The average molecular weight is 238 g/mol. The largest absolute Gasteiger partial charge is 0.369 e. The quantitative estimate of drug-likeness (QED) is 0.613. The number of rotatable bonds is 6. The Morgan fingerprint density at radius 2 is 2.41 bits per heavy atom. The van der Waals surface area contributed by atoms with Crippen LogP contribution >= 0.6 is 0 Å². The predicted octanol–water partition coefficient (Wildman–Crippen LogP) is -0.672. The maximum atomic E-state index is 6.02. The second-order valence-electron chi connectivity index (χ2n) is 4.88. The molecule has 96 valence electrons. The summed E-state index contributed by atoms with van der Waals surface area (Å²) in [5, 5.41) is 11.0. The third-order valence-corrected chi connectivity index (χ3v) is 2.92. The maximum Gasteiger partial charge on any atom is 0.124 e. The van der Waals surface area contributed by atoms with Gasteiger partial charge in [-0.15, -0.1) is 0 Å². The summed E-state index contributed by atoms with van der Waals surface area (Å²) in [6.45, 7) is 3.65. The number of anilines is 1. The van der Waals surface area contributed by atoms with Crippen molar-refractivity contribution in [2.75, 3.05) is 45.6 Å². The van der Waals surface area contributed by atoms with Crippen molar-refractivity contribution in [3.8, 4) is 0 Å². The molecule has 4 N–H and O–H groups in total. The summed E-state index contributed by atoms with van der Waals surface area (Å²) >= 11 is 0. The Kier molecular flexibility index (Phi) is 3.98. The molecule has 6 nitrogen and oxygen atoms in total. The number of hydrogen-bond acceptors (Lipinski definition) is 5. The smallest absolute Gasteiger partial charge is 0.124 e. The zero-order valence-corrected chi connectivity index (χ0v) is 10.6. The molecule has 1 aromatic rings. The van der Waals surface area contributed by atoms with Crippen LogP contribution < -0.4 is 16.4 Å². The van der Waals surface area contributed by atoms with Gasteiger partial charge >= 0.3 is 0 Å². The molecular formula is C11H22N6. The molecule has 1 unspecified atom stereocenters. The van der Waals surface area contributed by atoms with Crippen molar-refractivity contribution >= 4 is 5.82 Å². The maximum absolute atomic E-state index is 6.02. The molecule has 0 spiro atoms. The number of hydrogen-bond donors (Lipinski definition) is 3. The SMILES string of the molecule is CN(C)CC(N)CNc1ccnn1C1CNC1. The van der Waals surface area contributed by atoms with E-state index in [4.69, 9.17) is 5.73 Å². The van der Waals surface area contributed by atoms with E-state index in [1.165, 1.54) is 0 Å². The molecule has 6 heteroatoms. The lowest BCUT2D eigenvalue weighted by Crippen LogP contribution is -2.44. The number of nitrogens with two attached hydrogens (primary N) is 1. The molecule has 0 aromatic carbocycles. The highest BCUT2D eigenvalue weighted by Gasteiger charge is 2.21. The highest BCUT2D eigenvalue weighted by atomic mass is 15.4. The number of aromatic nitrogens is 2. The van der Waals surface area contributed by atoms with Gasteiger partial charge in [-0.1, -0.05) is 0 Å². The number of likely N-dealkylation sites (N-methyl/N-ethyl adjacent to an activating group) is 1. The van der Waals surface area contributed by atoms with Crippen LogP contribution in [-0.4, -0.2) is 61.0 Å². The van der Waals surface area contributed by atoms with Crippen molar-refractivity contribution in [1.29, 1.82) is 0 Å². The van der Waals surface area contributed by atoms with E-state index in [2.05, 4.69) is 20.6 Å². The Morgan fingerprint density at radius 1 is 1.65 bits per heavy atom. The van der Waals surface area contributed by atoms with Crippen LogP contribution in [0.4, 0.5) is 5.82 Å². The van der Waals surface area contributed by atoms with Crippen molar-refractivity contribution in [3.05, 3.63) is 12.3 Å². The van der Waals surface area contributed by atoms with Gasteiger partial charge in [-0.3, -0.25) is 0 Å². The van der Waals surface area contributed by atoms with Crippen LogP contribution in [0.25, 0.3) is 0 Å². The molecule has 2 heterocycles. The van der Waals surface area contributed by atoms with Gasteiger partial charge in [0.1, 0.15) is 5.82 Å². The van der Waals surface area contributed by atoms with Crippen LogP contribution in [0.15, 0.2) is 12.3 Å². The highest BCUT2D eigenvalue weighted by molar-refractivity contribution is 5.35. The van der Waals surface area contributed by atoms with E-state index in [9.17, 15) is 0 Å². The first-order chi connectivity index (χ1) is 8.16. The highest BCUT2D eigenvalue weighted by Crippen LogP contribution is 2.17. The fourth-order valence-corrected chi connectivity index (χ4v) is 1.96. The summed E-state index contributed by atoms with van der Waals surface area (Å²) in [6, 6.07) is 2.62. The topological polar surface area (TPSA) is 71.1 Å². The second kappa shape index (κ2) is 5.48. The first kappa shape index (κ1) is 12.3. The summed E-state index contributed by atoms with van der Waals surface area (Å²) in [5.41, 5.74) is 6.02. The molecule has 0 aliphatic carbocycles. The molecule has 2 rings (SSSR count). The van der Waals surface area contributed by atoms with Gasteiger partial charge in [-0.05, 0) is 14.1 Å². The summed E-state index contributed by atoms with van der Waals surface area (Å²) in [7, 11) is 4.06. The van der Waals surface area contributed by atoms with Gasteiger partial charge in [0.25, 0.3) is 0 Å². The van der Waals surface area contributed by atoms with Gasteiger partial charge in [0.15, 0.2) is 0 Å². The summed E-state index contributed by atoms with van der Waals surface area (Å²) < 4.78 is 2.04. The number of nitrogens with zero attached hydrogens (tertiary/aromatic N) is 3. The molecule has 1 aromatic heterocycles. The molecule has 0 saturated carbocycles. The second-order valence-corrected chi connectivity index (χ2v) is 4.88. The van der Waals surface area contributed by atoms with Crippen LogP contribution in [0.5, 0.6) is 0 Å². The Morgan fingerprint density at radius 3 is 3.00 bits per heavy atom. The first-order valence-electron chi connectivity index (χ1n) is 6.05. The summed E-state index contributed by atoms with van der Waals surface area (Å²) in [6.07, 6.45) is 1.83. The average Bonchev–Trinajstić information content (AvgIpc) is 2.59. The van der Waals surface area contributed by atoms with E-state index in [-0.39, 0.29) is 6.04 Å². The van der Waals surface area contributed by atoms with E-state index in [1.54, 1.807) is 0 Å². The monoisotopic (exact) mass is 238 g/mol. The Labute approximate surface area is 102 Å². The normalized spacial score (nSPS) is 18.1. The standard InChI is InChI=1S/C11H22N6/c1-16(2)8-9(12)5-14-11-3-4-15-17(11)10-6-13-7-10/h3-4,9-10,13-14H,5-8,12H2,1-2H3. The van der Waals surface area contributed by atoms with Gasteiger partial charge < -0.3 is 21.3 Å². The van der Waals surface area contributed by atoms with Crippen LogP contribution in [0.3, 0.4) is 0 Å². The van der Waals surface area contributed by atoms with E-state index >= 15 is 0 Å². The van der Waals surface area contributed by atoms with Crippen molar-refractivity contribution < 1.29 is 0 Å². The fraction of sp³-hybridized carbons (Fsp3) is 0.727. The number of nitrogens with one attached hydrogen (secondary N) is 2. The van der Waals surface area contributed by atoms with Crippen LogP contribution in [0.1, 0.15) is 6.04 Å². The minimum Gasteiger partial charge on any atom is -0.369 e. The lowest BCUT2D eigenvalue weighted by Gasteiger charge is -2.29. The predicted molar refractivity (Wildman–Crippen MR) is 69.2 cm³/mol. The minimum absolute atomic E-state index is 0.132. The molecule has 0 bridgehead atoms. The lowest BCUT2D eigenvalue weighted by molar-refractivity contribution is 0.321. The zero-order valence-electron chi connectivity index (χ0n) is 10.6. The third kappa shape index (κ3) is 3.18. The summed E-state index contributed by atoms with van der Waals surface area (Å²) in [5.74, 6) is 1.06. The minimum atomic E-state index is 0.132.